The molecule has 7 aliphatic carbocycles. The van der Waals surface area contributed by atoms with Crippen LogP contribution in [0, 0.1) is 45.3 Å². The highest BCUT2D eigenvalue weighted by Gasteiger charge is 2.58. The van der Waals surface area contributed by atoms with Crippen LogP contribution in [0.3, 0.4) is 0 Å². The average molecular weight is 1320 g/mol. The Morgan fingerprint density at radius 1 is 0.348 bits per heavy atom. The number of carbonyl (C=O) groups is 8. The van der Waals surface area contributed by atoms with Crippen molar-refractivity contribution in [3.8, 4) is 0 Å². The van der Waals surface area contributed by atoms with Gasteiger partial charge < -0.3 is 37.9 Å². The first-order valence-electron chi connectivity index (χ1n) is 32.8. The van der Waals surface area contributed by atoms with Crippen molar-refractivity contribution in [2.45, 2.75) is 372 Å². The Kier molecular flexibility index (Phi) is 47.8. The molecule has 16 heteroatoms. The minimum Gasteiger partial charge on any atom is -0.465 e. The summed E-state index contributed by atoms with van der Waals surface area (Å²) in [6, 6.07) is 0. The van der Waals surface area contributed by atoms with Crippen LogP contribution >= 0.6 is 0 Å². The molecule has 0 radical (unpaired) electrons. The largest absolute Gasteiger partial charge is 0.465 e. The van der Waals surface area contributed by atoms with E-state index in [1.807, 2.05) is 104 Å². The van der Waals surface area contributed by atoms with E-state index in [9.17, 15) is 38.4 Å². The van der Waals surface area contributed by atoms with Gasteiger partial charge in [-0.3, -0.25) is 28.8 Å². The quantitative estimate of drug-likeness (QED) is 0.0650. The van der Waals surface area contributed by atoms with Gasteiger partial charge in [0.25, 0.3) is 0 Å². The summed E-state index contributed by atoms with van der Waals surface area (Å²) < 4.78 is 43.3. The molecule has 4 bridgehead atoms. The summed E-state index contributed by atoms with van der Waals surface area (Å²) in [4.78, 5) is 95.2. The van der Waals surface area contributed by atoms with E-state index in [1.54, 1.807) is 0 Å². The zero-order valence-corrected chi connectivity index (χ0v) is 55.5. The van der Waals surface area contributed by atoms with E-state index in [2.05, 4.69) is 6.92 Å². The van der Waals surface area contributed by atoms with Crippen molar-refractivity contribution in [1.82, 2.24) is 0 Å². The maximum atomic E-state index is 12.5. The topological polar surface area (TPSA) is 210 Å². The fourth-order valence-corrected chi connectivity index (χ4v) is 12.6. The Bertz CT molecular complexity index is 2090. The standard InChI is InChI=1S/C21H34O4.2C16H28O4.C15H26O4.8CH4/c1-5-20(3,4)19(23)24-8-7-18(22)25-21(6-2)16-10-14-9-15(12-16)13-17(21)11-14;1-5-15(2,3)14(18)19-12-9-13(17)20-16(4)10-7-6-8-11-16;1-5-15(3,4)14(18)19-12-13(17)20-16(6-2)10-8-7-9-11-16;1-5-14(2,3)13(17)18-11-12(16)19-15(4)9-7-6-8-10-15;;;;;;;;/h14-17H,5-13H2,1-4H3;2*5-12H2,1-4H3;5-11H2,1-4H3;8*1H4. The average Bonchev–Trinajstić information content (AvgIpc) is 0.731. The van der Waals surface area contributed by atoms with Gasteiger partial charge in [0.05, 0.1) is 34.5 Å². The zero-order chi connectivity index (χ0) is 63.2. The van der Waals surface area contributed by atoms with Crippen LogP contribution in [-0.2, 0) is 76.3 Å². The van der Waals surface area contributed by atoms with Crippen LogP contribution < -0.4 is 0 Å². The molecule has 0 atom stereocenters. The maximum absolute atomic E-state index is 12.5. The van der Waals surface area contributed by atoms with E-state index in [4.69, 9.17) is 37.9 Å². The van der Waals surface area contributed by atoms with Crippen LogP contribution in [-0.4, -0.2) is 96.6 Å². The Hall–Kier alpha value is -4.24. The van der Waals surface area contributed by atoms with Gasteiger partial charge in [0.1, 0.15) is 35.6 Å². The van der Waals surface area contributed by atoms with E-state index < -0.39 is 33.6 Å². The molecule has 7 fully saturated rings. The number of hydrogen-bond acceptors (Lipinski definition) is 16. The normalized spacial score (nSPS) is 21.7. The minimum absolute atomic E-state index is 0. The minimum atomic E-state index is -0.548. The molecule has 0 spiro atoms. The Morgan fingerprint density at radius 2 is 0.630 bits per heavy atom. The molecule has 0 aliphatic heterocycles. The van der Waals surface area contributed by atoms with Crippen molar-refractivity contribution in [1.29, 1.82) is 0 Å². The molecule has 92 heavy (non-hydrogen) atoms. The second kappa shape index (κ2) is 44.5. The van der Waals surface area contributed by atoms with Crippen molar-refractivity contribution in [3.05, 3.63) is 0 Å². The van der Waals surface area contributed by atoms with Crippen molar-refractivity contribution in [2.24, 2.45) is 45.3 Å². The molecule has 0 heterocycles. The van der Waals surface area contributed by atoms with Crippen LogP contribution in [0.25, 0.3) is 0 Å². The third-order valence-corrected chi connectivity index (χ3v) is 20.1. The number of hydrogen-bond donors (Lipinski definition) is 0. The van der Waals surface area contributed by atoms with Crippen LogP contribution in [0.2, 0.25) is 0 Å². The third kappa shape index (κ3) is 30.7. The van der Waals surface area contributed by atoms with Crippen LogP contribution in [0.1, 0.15) is 350 Å². The molecule has 0 aromatic rings. The van der Waals surface area contributed by atoms with Gasteiger partial charge in [-0.1, -0.05) is 120 Å². The lowest BCUT2D eigenvalue weighted by Gasteiger charge is -2.60. The van der Waals surface area contributed by atoms with Crippen molar-refractivity contribution >= 4 is 47.8 Å². The molecule has 0 amide bonds. The lowest BCUT2D eigenvalue weighted by molar-refractivity contribution is -0.211. The fourth-order valence-electron chi connectivity index (χ4n) is 12.6. The maximum Gasteiger partial charge on any atom is 0.344 e. The molecule has 0 unspecified atom stereocenters. The molecule has 548 valence electrons. The summed E-state index contributed by atoms with van der Waals surface area (Å²) in [5.74, 6) is 0.299. The Balaban J connectivity index is -0.000000262. The van der Waals surface area contributed by atoms with Crippen LogP contribution in [0.5, 0.6) is 0 Å². The van der Waals surface area contributed by atoms with E-state index >= 15 is 0 Å². The summed E-state index contributed by atoms with van der Waals surface area (Å²) in [6.45, 7) is 30.3. The summed E-state index contributed by atoms with van der Waals surface area (Å²) in [6.07, 6.45) is 26.9. The highest BCUT2D eigenvalue weighted by molar-refractivity contribution is 5.81. The Morgan fingerprint density at radius 3 is 0.935 bits per heavy atom. The highest BCUT2D eigenvalue weighted by Crippen LogP contribution is 2.60. The molecule has 7 rings (SSSR count). The molecule has 0 N–H and O–H groups in total. The van der Waals surface area contributed by atoms with Gasteiger partial charge in [-0.2, -0.15) is 0 Å². The molecule has 0 aromatic heterocycles. The van der Waals surface area contributed by atoms with Crippen molar-refractivity contribution in [3.63, 3.8) is 0 Å². The second-order valence-electron chi connectivity index (χ2n) is 28.5. The third-order valence-electron chi connectivity index (χ3n) is 20.1. The predicted octanol–water partition coefficient (Wildman–Crippen LogP) is 20.1. The fraction of sp³-hybridized carbons (Fsp3) is 0.895. The zero-order valence-electron chi connectivity index (χ0n) is 55.5. The van der Waals surface area contributed by atoms with Crippen molar-refractivity contribution in [2.75, 3.05) is 26.4 Å². The van der Waals surface area contributed by atoms with Gasteiger partial charge in [0.2, 0.25) is 0 Å². The SMILES string of the molecule is C.C.C.C.C.C.C.C.CCC(C)(C)C(=O)OCC(=O)OC1(C)CCCCC1.CCC(C)(C)C(=O)OCCC(=O)OC1(C)CCCCC1.CCC(C)(C)C(=O)OCCC(=O)OC1(CC)C2CC3CC(C2)CC1C3.CCC1(OC(=O)COC(=O)C(C)(C)CC)CCCCC1. The second-order valence-corrected chi connectivity index (χ2v) is 28.5. The lowest BCUT2D eigenvalue weighted by Crippen LogP contribution is -2.59. The van der Waals surface area contributed by atoms with Gasteiger partial charge in [-0.15, -0.1) is 0 Å². The van der Waals surface area contributed by atoms with E-state index in [0.29, 0.717) is 31.1 Å². The molecular weight excluding hydrogens is 1170 g/mol. The van der Waals surface area contributed by atoms with Gasteiger partial charge in [0.15, 0.2) is 13.2 Å². The van der Waals surface area contributed by atoms with Gasteiger partial charge in [-0.05, 0) is 241 Å². The summed E-state index contributed by atoms with van der Waals surface area (Å²) in [5, 5.41) is 0. The number of esters is 8. The number of rotatable bonds is 24. The summed E-state index contributed by atoms with van der Waals surface area (Å²) in [5.41, 5.74) is -3.35. The van der Waals surface area contributed by atoms with Gasteiger partial charge in [-0.25, -0.2) is 9.59 Å². The van der Waals surface area contributed by atoms with E-state index in [-0.39, 0.29) is 157 Å². The summed E-state index contributed by atoms with van der Waals surface area (Å²) >= 11 is 0. The van der Waals surface area contributed by atoms with Gasteiger partial charge in [0, 0.05) is 0 Å². The Labute approximate surface area is 565 Å². The smallest absolute Gasteiger partial charge is 0.344 e. The molecule has 16 nitrogen and oxygen atoms in total. The molecular formula is C76H148O16. The van der Waals surface area contributed by atoms with Crippen LogP contribution in [0.15, 0.2) is 0 Å². The van der Waals surface area contributed by atoms with E-state index in [1.165, 1.54) is 51.4 Å². The molecule has 7 saturated carbocycles. The molecule has 0 aromatic carbocycles. The first-order valence-corrected chi connectivity index (χ1v) is 32.8. The molecule has 0 saturated heterocycles. The lowest BCUT2D eigenvalue weighted by atomic mass is 9.49. The predicted molar refractivity (Wildman–Crippen MR) is 377 cm³/mol. The number of carbonyl (C=O) groups excluding carboxylic acids is 8. The first-order chi connectivity index (χ1) is 39.2. The summed E-state index contributed by atoms with van der Waals surface area (Å²) in [7, 11) is 0. The van der Waals surface area contributed by atoms with E-state index in [0.717, 1.165) is 108 Å². The first kappa shape index (κ1) is 98.8. The monoisotopic (exact) mass is 1320 g/mol. The van der Waals surface area contributed by atoms with Crippen molar-refractivity contribution < 1.29 is 76.3 Å². The number of ether oxygens (including phenoxy) is 8. The van der Waals surface area contributed by atoms with Crippen LogP contribution in [0.4, 0.5) is 0 Å². The highest BCUT2D eigenvalue weighted by atomic mass is 16.6. The molecule has 7 aliphatic rings. The van der Waals surface area contributed by atoms with Gasteiger partial charge >= 0.3 is 47.8 Å².